The molecule has 0 radical (unpaired) electrons. The molecular weight excluding hydrogens is 741 g/mol. The van der Waals surface area contributed by atoms with Crippen molar-refractivity contribution in [3.05, 3.63) is 70.8 Å². The zero-order chi connectivity index (χ0) is 42.8. The summed E-state index contributed by atoms with van der Waals surface area (Å²) in [4.78, 5) is 63.5. The quantitative estimate of drug-likeness (QED) is 0.0396. The molecule has 5 aromatic carbocycles. The van der Waals surface area contributed by atoms with Crippen LogP contribution in [0, 0.1) is 23.7 Å². The van der Waals surface area contributed by atoms with Gasteiger partial charge in [-0.05, 0) is 132 Å². The third-order valence-electron chi connectivity index (χ3n) is 14.5. The fourth-order valence-corrected chi connectivity index (χ4v) is 12.4. The van der Waals surface area contributed by atoms with Crippen molar-refractivity contribution >= 4 is 66.7 Å². The molecule has 0 atom stereocenters. The third-order valence-corrected chi connectivity index (χ3v) is 14.5. The molecule has 2 aliphatic rings. The fourth-order valence-electron chi connectivity index (χ4n) is 12.4. The Bertz CT molecular complexity index is 2040. The second-order valence-electron chi connectivity index (χ2n) is 18.4. The summed E-state index contributed by atoms with van der Waals surface area (Å²) in [7, 11) is 0. The van der Waals surface area contributed by atoms with Crippen LogP contribution in [-0.2, 0) is 0 Å². The second kappa shape index (κ2) is 18.7. The van der Waals surface area contributed by atoms with Crippen molar-refractivity contribution in [2.24, 2.45) is 23.7 Å². The average molecular weight is 811 g/mol. The predicted octanol–water partition coefficient (Wildman–Crippen LogP) is 14.5. The van der Waals surface area contributed by atoms with E-state index in [4.69, 9.17) is 0 Å². The number of imide groups is 2. The third kappa shape index (κ3) is 7.22. The van der Waals surface area contributed by atoms with Gasteiger partial charge in [-0.2, -0.15) is 0 Å². The molecule has 4 amide bonds. The minimum Gasteiger partial charge on any atom is -0.271 e. The van der Waals surface area contributed by atoms with E-state index >= 15 is 19.2 Å². The minimum atomic E-state index is -0.175. The van der Waals surface area contributed by atoms with E-state index < -0.39 is 0 Å². The van der Waals surface area contributed by atoms with E-state index in [1.807, 2.05) is 24.3 Å². The number of hydrogen-bond donors (Lipinski definition) is 0. The van der Waals surface area contributed by atoms with E-state index in [9.17, 15) is 0 Å². The van der Waals surface area contributed by atoms with E-state index in [0.29, 0.717) is 22.3 Å². The van der Waals surface area contributed by atoms with Crippen LogP contribution in [0.1, 0.15) is 200 Å². The van der Waals surface area contributed by atoms with Crippen LogP contribution < -0.4 is 0 Å². The van der Waals surface area contributed by atoms with Gasteiger partial charge in [0.2, 0.25) is 0 Å². The molecule has 0 N–H and O–H groups in total. The molecule has 2 aliphatic heterocycles. The number of carbonyl (C=O) groups excluding carboxylic acids is 4. The average Bonchev–Trinajstić information content (AvgIpc) is 3.24. The van der Waals surface area contributed by atoms with Gasteiger partial charge >= 0.3 is 0 Å². The molecule has 0 fully saturated rings. The van der Waals surface area contributed by atoms with Crippen LogP contribution in [0.25, 0.3) is 43.1 Å². The molecule has 6 nitrogen and oxygen atoms in total. The number of nitrogens with zero attached hydrogens (tertiary/aromatic N) is 2. The van der Waals surface area contributed by atoms with Crippen molar-refractivity contribution in [2.45, 2.75) is 170 Å². The lowest BCUT2D eigenvalue weighted by atomic mass is 9.75. The first-order chi connectivity index (χ1) is 29.2. The molecule has 320 valence electrons. The summed E-state index contributed by atoms with van der Waals surface area (Å²) in [5.41, 5.74) is 2.38. The molecule has 60 heavy (non-hydrogen) atoms. The van der Waals surface area contributed by atoms with Gasteiger partial charge in [0.15, 0.2) is 0 Å². The van der Waals surface area contributed by atoms with E-state index in [2.05, 4.69) is 79.7 Å². The second-order valence-corrected chi connectivity index (χ2v) is 18.4. The van der Waals surface area contributed by atoms with Crippen molar-refractivity contribution in [3.8, 4) is 0 Å². The van der Waals surface area contributed by atoms with E-state index in [-0.39, 0.29) is 59.4 Å². The maximum Gasteiger partial charge on any atom is 0.261 e. The maximum absolute atomic E-state index is 15.0. The molecule has 0 saturated carbocycles. The standard InChI is InChI=1S/C54H70N2O4/c1-9-17-33(18-10-2)49(34(19-11-3)20-12-4)55-51(57)41-29-25-37-39-27-31-43-48-44(32-28-40(46(39)48)38-26-30-42(52(55)58)47(41)45(37)38)54(60)56(53(43)59)50(35(21-13-5)22-14-6)36(23-15-7)24-16-8/h25-36,49-50H,9-24H2,1-8H3. The highest BCUT2D eigenvalue weighted by molar-refractivity contribution is 6.41. The molecule has 0 bridgehead atoms. The van der Waals surface area contributed by atoms with Gasteiger partial charge in [-0.15, -0.1) is 0 Å². The lowest BCUT2D eigenvalue weighted by molar-refractivity contribution is 0.0335. The SMILES string of the molecule is CCCC(CCC)C(C(CCC)CCC)N1C(=O)c2ccc3c4ccc5c6c(ccc(c7ccc(c2c37)C1=O)c64)C(=O)N(C(C(CCC)CCC)C(CCC)CCC)C5=O. The molecule has 6 heteroatoms. The van der Waals surface area contributed by atoms with Gasteiger partial charge < -0.3 is 0 Å². The van der Waals surface area contributed by atoms with Gasteiger partial charge in [0, 0.05) is 45.1 Å². The van der Waals surface area contributed by atoms with Crippen LogP contribution in [0.5, 0.6) is 0 Å². The van der Waals surface area contributed by atoms with Crippen LogP contribution in [0.3, 0.4) is 0 Å². The van der Waals surface area contributed by atoms with Crippen LogP contribution in [-0.4, -0.2) is 45.5 Å². The van der Waals surface area contributed by atoms with E-state index in [1.54, 1.807) is 9.80 Å². The van der Waals surface area contributed by atoms with Gasteiger partial charge in [-0.25, -0.2) is 0 Å². The first-order valence-electron chi connectivity index (χ1n) is 24.1. The smallest absolute Gasteiger partial charge is 0.261 e. The highest BCUT2D eigenvalue weighted by atomic mass is 16.2. The van der Waals surface area contributed by atoms with Gasteiger partial charge in [0.1, 0.15) is 0 Å². The summed E-state index contributed by atoms with van der Waals surface area (Å²) in [5, 5.41) is 7.05. The van der Waals surface area contributed by atoms with Crippen LogP contribution in [0.15, 0.2) is 48.5 Å². The van der Waals surface area contributed by atoms with E-state index in [1.165, 1.54) is 0 Å². The summed E-state index contributed by atoms with van der Waals surface area (Å²) >= 11 is 0. The van der Waals surface area contributed by atoms with Crippen molar-refractivity contribution in [2.75, 3.05) is 0 Å². The Labute approximate surface area is 359 Å². The Hall–Kier alpha value is -4.32. The minimum absolute atomic E-state index is 0.148. The number of amides is 4. The summed E-state index contributed by atoms with van der Waals surface area (Å²) in [6.07, 6.45) is 16.0. The Morgan fingerprint density at radius 1 is 0.317 bits per heavy atom. The van der Waals surface area contributed by atoms with Crippen molar-refractivity contribution in [3.63, 3.8) is 0 Å². The molecule has 0 aromatic heterocycles. The fraction of sp³-hybridized carbons (Fsp3) is 0.556. The van der Waals surface area contributed by atoms with Gasteiger partial charge in [-0.3, -0.25) is 29.0 Å². The van der Waals surface area contributed by atoms with Crippen molar-refractivity contribution in [1.29, 1.82) is 0 Å². The molecular formula is C54H70N2O4. The lowest BCUT2D eigenvalue weighted by Gasteiger charge is -2.43. The number of carbonyl (C=O) groups is 4. The van der Waals surface area contributed by atoms with Crippen LogP contribution >= 0.6 is 0 Å². The maximum atomic E-state index is 15.0. The van der Waals surface area contributed by atoms with Crippen molar-refractivity contribution < 1.29 is 19.2 Å². The summed E-state index contributed by atoms with van der Waals surface area (Å²) in [5.74, 6) is 0.308. The first kappa shape index (κ1) is 43.8. The Kier molecular flexibility index (Phi) is 13.7. The molecule has 2 heterocycles. The predicted molar refractivity (Wildman–Crippen MR) is 249 cm³/mol. The topological polar surface area (TPSA) is 74.8 Å². The number of fused-ring (bicyclic) bond motifs is 2. The molecule has 5 aromatic rings. The largest absolute Gasteiger partial charge is 0.271 e. The summed E-state index contributed by atoms with van der Waals surface area (Å²) in [6, 6.07) is 15.7. The summed E-state index contributed by atoms with van der Waals surface area (Å²) < 4.78 is 0. The number of rotatable bonds is 22. The molecule has 0 aliphatic carbocycles. The molecule has 7 rings (SSSR count). The first-order valence-corrected chi connectivity index (χ1v) is 24.1. The normalized spacial score (nSPS) is 14.7. The van der Waals surface area contributed by atoms with Crippen LogP contribution in [0.4, 0.5) is 0 Å². The van der Waals surface area contributed by atoms with E-state index in [0.717, 1.165) is 146 Å². The lowest BCUT2D eigenvalue weighted by Crippen LogP contribution is -2.53. The van der Waals surface area contributed by atoms with Gasteiger partial charge in [0.25, 0.3) is 23.6 Å². The molecule has 0 unspecified atom stereocenters. The molecule has 0 saturated heterocycles. The summed E-state index contributed by atoms with van der Waals surface area (Å²) in [6.45, 7) is 17.7. The van der Waals surface area contributed by atoms with Crippen molar-refractivity contribution in [1.82, 2.24) is 9.80 Å². The highest BCUT2D eigenvalue weighted by Crippen LogP contribution is 2.48. The zero-order valence-electron chi connectivity index (χ0n) is 37.9. The number of hydrogen-bond acceptors (Lipinski definition) is 4. The Morgan fingerprint density at radius 3 is 0.700 bits per heavy atom. The van der Waals surface area contributed by atoms with Crippen LogP contribution in [0.2, 0.25) is 0 Å². The Balaban J connectivity index is 1.41. The van der Waals surface area contributed by atoms with Gasteiger partial charge in [0.05, 0.1) is 0 Å². The molecule has 0 spiro atoms. The number of benzene rings is 5. The van der Waals surface area contributed by atoms with Gasteiger partial charge in [-0.1, -0.05) is 131 Å². The zero-order valence-corrected chi connectivity index (χ0v) is 37.9. The monoisotopic (exact) mass is 811 g/mol. The highest BCUT2D eigenvalue weighted by Gasteiger charge is 2.46. The Morgan fingerprint density at radius 2 is 0.517 bits per heavy atom.